The molecule has 1 atom stereocenters. The van der Waals surface area contributed by atoms with Crippen LogP contribution >= 0.6 is 0 Å². The lowest BCUT2D eigenvalue weighted by Crippen LogP contribution is -2.51. The van der Waals surface area contributed by atoms with Gasteiger partial charge in [0.25, 0.3) is 0 Å². The van der Waals surface area contributed by atoms with E-state index in [1.807, 2.05) is 6.92 Å². The van der Waals surface area contributed by atoms with Crippen LogP contribution in [0, 0.1) is 23.7 Å². The lowest BCUT2D eigenvalue weighted by atomic mass is 9.99. The highest BCUT2D eigenvalue weighted by molar-refractivity contribution is 5.97. The van der Waals surface area contributed by atoms with Gasteiger partial charge in [-0.15, -0.1) is 0 Å². The van der Waals surface area contributed by atoms with Crippen LogP contribution in [0.1, 0.15) is 55.8 Å². The summed E-state index contributed by atoms with van der Waals surface area (Å²) in [5.74, 6) is 1.01. The zero-order chi connectivity index (χ0) is 30.1. The molecule has 0 N–H and O–H groups in total. The quantitative estimate of drug-likeness (QED) is 0.314. The number of hydrogen-bond donors (Lipinski definition) is 0. The average molecular weight is 592 g/mol. The number of aryl methyl sites for hydroxylation is 1. The molecule has 0 spiro atoms. The van der Waals surface area contributed by atoms with Crippen molar-refractivity contribution in [3.8, 4) is 12.1 Å². The van der Waals surface area contributed by atoms with Gasteiger partial charge in [0, 0.05) is 54.8 Å². The van der Waals surface area contributed by atoms with Gasteiger partial charge < -0.3 is 24.3 Å². The van der Waals surface area contributed by atoms with Crippen molar-refractivity contribution in [1.29, 1.82) is 5.26 Å². The number of aromatic nitrogens is 2. The molecule has 8 nitrogen and oxygen atoms in total. The number of nitrogens with zero attached hydrogens (tertiary/aromatic N) is 7. The van der Waals surface area contributed by atoms with E-state index in [0.717, 1.165) is 57.2 Å². The highest BCUT2D eigenvalue weighted by Gasteiger charge is 2.45. The molecule has 2 aromatic carbocycles. The highest BCUT2D eigenvalue weighted by atomic mass is 16.5. The third-order valence-electron chi connectivity index (χ3n) is 10.2. The third-order valence-corrected chi connectivity index (χ3v) is 10.2. The van der Waals surface area contributed by atoms with Gasteiger partial charge >= 0.3 is 6.01 Å². The smallest absolute Gasteiger partial charge is 0.318 e. The van der Waals surface area contributed by atoms with Crippen molar-refractivity contribution in [2.75, 3.05) is 62.2 Å². The van der Waals surface area contributed by atoms with Gasteiger partial charge in [-0.25, -0.2) is 0 Å². The fraction of sp³-hybridized carbons (Fsp3) is 0.528. The van der Waals surface area contributed by atoms with Crippen molar-refractivity contribution >= 4 is 22.3 Å². The van der Waals surface area contributed by atoms with E-state index >= 15 is 0 Å². The van der Waals surface area contributed by atoms with Crippen LogP contribution in [-0.4, -0.2) is 78.2 Å². The zero-order valence-electron chi connectivity index (χ0n) is 26.3. The molecule has 0 unspecified atom stereocenters. The molecule has 1 saturated carbocycles. The molecule has 3 aliphatic heterocycles. The molecule has 1 aliphatic carbocycles. The Balaban J connectivity index is 1.20. The van der Waals surface area contributed by atoms with E-state index in [1.165, 1.54) is 66.4 Å². The van der Waals surface area contributed by atoms with Crippen LogP contribution in [0.3, 0.4) is 0 Å². The summed E-state index contributed by atoms with van der Waals surface area (Å²) in [5, 5.41) is 12.2. The van der Waals surface area contributed by atoms with Crippen LogP contribution in [0.2, 0.25) is 0 Å². The number of benzene rings is 2. The highest BCUT2D eigenvalue weighted by Crippen LogP contribution is 2.47. The van der Waals surface area contributed by atoms with Crippen molar-refractivity contribution in [2.24, 2.45) is 5.41 Å². The number of rotatable bonds is 9. The standard InChI is InChI=1S/C36H45N7O/c1-3-17-41-21-22-43(23-29(41)12-16-37)34-30-13-20-42(32-11-7-10-28-9-6-8-27(2)33(28)32)24-31(30)38-35(39-34)44-26-36(14-15-36)25-40-18-4-5-19-40/h3,6-11,17,29H,4-5,12-15,18-26H2,1-2H3/t29-/m0/s1. The summed E-state index contributed by atoms with van der Waals surface area (Å²) < 4.78 is 6.54. The number of anilines is 2. The molecule has 44 heavy (non-hydrogen) atoms. The predicted octanol–water partition coefficient (Wildman–Crippen LogP) is 5.69. The summed E-state index contributed by atoms with van der Waals surface area (Å²) in [5.41, 5.74) is 5.11. The first-order valence-electron chi connectivity index (χ1n) is 16.5. The van der Waals surface area contributed by atoms with E-state index in [4.69, 9.17) is 14.7 Å². The van der Waals surface area contributed by atoms with Gasteiger partial charge in [0.05, 0.1) is 37.4 Å². The van der Waals surface area contributed by atoms with Gasteiger partial charge in [-0.2, -0.15) is 15.2 Å². The Morgan fingerprint density at radius 1 is 1.02 bits per heavy atom. The molecule has 2 saturated heterocycles. The van der Waals surface area contributed by atoms with Crippen LogP contribution in [0.5, 0.6) is 6.01 Å². The minimum atomic E-state index is 0.133. The Hall–Kier alpha value is -3.83. The monoisotopic (exact) mass is 591 g/mol. The maximum Gasteiger partial charge on any atom is 0.318 e. The summed E-state index contributed by atoms with van der Waals surface area (Å²) in [6.07, 6.45) is 10.6. The molecule has 7 rings (SSSR count). The average Bonchev–Trinajstić information content (AvgIpc) is 3.61. The molecule has 1 aromatic heterocycles. The summed E-state index contributed by atoms with van der Waals surface area (Å²) >= 11 is 0. The summed E-state index contributed by atoms with van der Waals surface area (Å²) in [4.78, 5) is 20.1. The maximum atomic E-state index is 9.61. The number of nitriles is 1. The van der Waals surface area contributed by atoms with Crippen molar-refractivity contribution in [2.45, 2.75) is 65.0 Å². The summed E-state index contributed by atoms with van der Waals surface area (Å²) in [6, 6.07) is 16.2. The Morgan fingerprint density at radius 2 is 1.84 bits per heavy atom. The van der Waals surface area contributed by atoms with Crippen LogP contribution in [0.15, 0.2) is 48.7 Å². The van der Waals surface area contributed by atoms with Crippen LogP contribution in [0.25, 0.3) is 10.8 Å². The molecule has 0 bridgehead atoms. The van der Waals surface area contributed by atoms with E-state index in [-0.39, 0.29) is 11.5 Å². The van der Waals surface area contributed by atoms with E-state index in [9.17, 15) is 5.26 Å². The lowest BCUT2D eigenvalue weighted by molar-refractivity contribution is 0.169. The van der Waals surface area contributed by atoms with E-state index < -0.39 is 0 Å². The second-order valence-corrected chi connectivity index (χ2v) is 13.3. The second-order valence-electron chi connectivity index (χ2n) is 13.3. The molecule has 4 heterocycles. The molecule has 3 fully saturated rings. The SMILES string of the molecule is CC=CN1CCN(c2nc(OCC3(CN4CCCC4)CC3)nc3c2CCN(c2cccc4cccc(C)c24)C3)C[C@@H]1CC#N. The van der Waals surface area contributed by atoms with Crippen LogP contribution in [-0.2, 0) is 13.0 Å². The maximum absolute atomic E-state index is 9.61. The van der Waals surface area contributed by atoms with Gasteiger partial charge in [-0.05, 0) is 82.3 Å². The van der Waals surface area contributed by atoms with Crippen molar-refractivity contribution in [1.82, 2.24) is 19.8 Å². The number of likely N-dealkylation sites (tertiary alicyclic amines) is 1. The van der Waals surface area contributed by atoms with Gasteiger partial charge in [0.1, 0.15) is 5.82 Å². The molecule has 230 valence electrons. The first-order valence-corrected chi connectivity index (χ1v) is 16.5. The Bertz CT molecular complexity index is 1560. The largest absolute Gasteiger partial charge is 0.463 e. The molecular formula is C36H45N7O. The predicted molar refractivity (Wildman–Crippen MR) is 176 cm³/mol. The van der Waals surface area contributed by atoms with Crippen LogP contribution in [0.4, 0.5) is 11.5 Å². The normalized spacial score (nSPS) is 21.6. The Kier molecular flexibility index (Phi) is 8.07. The number of ether oxygens (including phenoxy) is 1. The molecule has 0 radical (unpaired) electrons. The van der Waals surface area contributed by atoms with Crippen LogP contribution < -0.4 is 14.5 Å². The fourth-order valence-electron chi connectivity index (χ4n) is 7.58. The van der Waals surface area contributed by atoms with Gasteiger partial charge in [0.15, 0.2) is 0 Å². The minimum absolute atomic E-state index is 0.133. The van der Waals surface area contributed by atoms with Crippen molar-refractivity contribution in [3.63, 3.8) is 0 Å². The summed E-state index contributed by atoms with van der Waals surface area (Å²) in [7, 11) is 0. The Morgan fingerprint density at radius 3 is 2.61 bits per heavy atom. The number of hydrogen-bond acceptors (Lipinski definition) is 8. The van der Waals surface area contributed by atoms with Crippen molar-refractivity contribution < 1.29 is 4.74 Å². The van der Waals surface area contributed by atoms with E-state index in [0.29, 0.717) is 19.0 Å². The first kappa shape index (κ1) is 28.9. The zero-order valence-corrected chi connectivity index (χ0v) is 26.3. The first-order chi connectivity index (χ1) is 21.6. The van der Waals surface area contributed by atoms with Gasteiger partial charge in [-0.1, -0.05) is 36.4 Å². The minimum Gasteiger partial charge on any atom is -0.463 e. The molecule has 0 amide bonds. The Labute approximate surface area is 261 Å². The molecule has 3 aromatic rings. The number of piperazine rings is 1. The molecule has 4 aliphatic rings. The van der Waals surface area contributed by atoms with Gasteiger partial charge in [-0.3, -0.25) is 0 Å². The molecular weight excluding hydrogens is 546 g/mol. The van der Waals surface area contributed by atoms with Crippen molar-refractivity contribution in [3.05, 3.63) is 65.5 Å². The number of fused-ring (bicyclic) bond motifs is 2. The number of allylic oxidation sites excluding steroid dienone is 1. The second kappa shape index (κ2) is 12.3. The third kappa shape index (κ3) is 5.82. The van der Waals surface area contributed by atoms with Gasteiger partial charge in [0.2, 0.25) is 0 Å². The summed E-state index contributed by atoms with van der Waals surface area (Å²) in [6.45, 7) is 12.6. The van der Waals surface area contributed by atoms with E-state index in [2.05, 4.69) is 81.3 Å². The topological polar surface area (TPSA) is 71.8 Å². The fourth-order valence-corrected chi connectivity index (χ4v) is 7.58. The van der Waals surface area contributed by atoms with E-state index in [1.54, 1.807) is 0 Å². The lowest BCUT2D eigenvalue weighted by Gasteiger charge is -2.42. The molecule has 8 heteroatoms.